The molecule has 26 heavy (non-hydrogen) atoms. The highest BCUT2D eigenvalue weighted by molar-refractivity contribution is 5.89. The molecule has 0 bridgehead atoms. The van der Waals surface area contributed by atoms with E-state index in [1.165, 1.54) is 0 Å². The van der Waals surface area contributed by atoms with Gasteiger partial charge in [-0.25, -0.2) is 14.0 Å². The predicted octanol–water partition coefficient (Wildman–Crippen LogP) is 1.30. The summed E-state index contributed by atoms with van der Waals surface area (Å²) >= 11 is 0. The average Bonchev–Trinajstić information content (AvgIpc) is 2.56. The van der Waals surface area contributed by atoms with E-state index in [-0.39, 0.29) is 12.3 Å². The average molecular weight is 386 g/mol. The number of nitrogens with two attached hydrogens (primary N) is 1. The molecule has 150 valence electrons. The van der Waals surface area contributed by atoms with Gasteiger partial charge in [0.15, 0.2) is 12.1 Å². The van der Waals surface area contributed by atoms with Gasteiger partial charge in [-0.3, -0.25) is 4.79 Å². The zero-order valence-electron chi connectivity index (χ0n) is 13.9. The Hall–Kier alpha value is -1.91. The fraction of sp³-hybridized carbons (Fsp3) is 0.800. The summed E-state index contributed by atoms with van der Waals surface area (Å²) in [7, 11) is 0. The van der Waals surface area contributed by atoms with E-state index in [1.54, 1.807) is 5.32 Å². The van der Waals surface area contributed by atoms with Gasteiger partial charge in [-0.05, 0) is 12.3 Å². The number of carbonyl (C=O) groups excluding carboxylic acids is 2. The molecule has 0 aliphatic heterocycles. The lowest BCUT2D eigenvalue weighted by Crippen LogP contribution is -2.54. The minimum absolute atomic E-state index is 0.0510. The van der Waals surface area contributed by atoms with Crippen LogP contribution in [0.4, 0.5) is 17.6 Å². The molecular formula is C15H22F4N2O5. The number of alkyl halides is 4. The smallest absolute Gasteiger partial charge is 0.480 e. The van der Waals surface area contributed by atoms with Crippen molar-refractivity contribution in [2.75, 3.05) is 6.67 Å². The summed E-state index contributed by atoms with van der Waals surface area (Å²) in [6.45, 7) is -1.49. The number of halogens is 4. The molecule has 0 aromatic heterocycles. The summed E-state index contributed by atoms with van der Waals surface area (Å²) in [5, 5.41) is 10.4. The molecule has 1 aliphatic rings. The first kappa shape index (κ1) is 22.1. The van der Waals surface area contributed by atoms with Crippen molar-refractivity contribution in [1.82, 2.24) is 5.32 Å². The van der Waals surface area contributed by atoms with Gasteiger partial charge in [0.05, 0.1) is 6.04 Å². The Morgan fingerprint density at radius 2 is 1.77 bits per heavy atom. The van der Waals surface area contributed by atoms with Gasteiger partial charge in [0, 0.05) is 0 Å². The molecule has 0 spiro atoms. The molecule has 0 aromatic rings. The molecule has 1 rings (SSSR count). The summed E-state index contributed by atoms with van der Waals surface area (Å²) in [4.78, 5) is 34.0. The van der Waals surface area contributed by atoms with Gasteiger partial charge in [-0.1, -0.05) is 32.1 Å². The van der Waals surface area contributed by atoms with Crippen molar-refractivity contribution in [2.24, 2.45) is 11.7 Å². The van der Waals surface area contributed by atoms with Crippen LogP contribution in [0.1, 0.15) is 38.5 Å². The van der Waals surface area contributed by atoms with Crippen molar-refractivity contribution in [2.45, 2.75) is 62.9 Å². The van der Waals surface area contributed by atoms with Crippen molar-refractivity contribution in [3.05, 3.63) is 0 Å². The van der Waals surface area contributed by atoms with Crippen LogP contribution in [0.15, 0.2) is 0 Å². The van der Waals surface area contributed by atoms with Crippen molar-refractivity contribution >= 4 is 17.8 Å². The van der Waals surface area contributed by atoms with Crippen LogP contribution in [-0.4, -0.2) is 54.0 Å². The van der Waals surface area contributed by atoms with E-state index in [0.717, 1.165) is 32.1 Å². The van der Waals surface area contributed by atoms with Crippen LogP contribution in [-0.2, 0) is 19.1 Å². The van der Waals surface area contributed by atoms with Gasteiger partial charge in [-0.15, -0.1) is 0 Å². The monoisotopic (exact) mass is 386 g/mol. The van der Waals surface area contributed by atoms with Gasteiger partial charge in [0.1, 0.15) is 6.67 Å². The van der Waals surface area contributed by atoms with E-state index in [2.05, 4.69) is 4.74 Å². The number of nitrogens with one attached hydrogen (secondary N) is 1. The van der Waals surface area contributed by atoms with Crippen molar-refractivity contribution in [1.29, 1.82) is 0 Å². The highest BCUT2D eigenvalue weighted by atomic mass is 19.4. The third-order valence-electron chi connectivity index (χ3n) is 4.21. The standard InChI is InChI=1S/C15H22F4N2O5/c16-7-10(13(23)24)21-12(22)11(26-14(25)15(17,18)19)9(20)6-8-4-2-1-3-5-8/h8-11H,1-7,20H2,(H,21,22)(H,23,24)/t9-,10?,11-/m1/s1. The van der Waals surface area contributed by atoms with Crippen LogP contribution in [0.5, 0.6) is 0 Å². The number of rotatable bonds is 8. The maximum atomic E-state index is 12.6. The molecule has 11 heteroatoms. The molecule has 1 amide bonds. The van der Waals surface area contributed by atoms with E-state index in [4.69, 9.17) is 10.8 Å². The molecule has 0 aromatic carbocycles. The topological polar surface area (TPSA) is 119 Å². The van der Waals surface area contributed by atoms with Crippen molar-refractivity contribution in [3.8, 4) is 0 Å². The molecule has 7 nitrogen and oxygen atoms in total. The van der Waals surface area contributed by atoms with Crippen LogP contribution in [0.3, 0.4) is 0 Å². The van der Waals surface area contributed by atoms with Crippen LogP contribution in [0.25, 0.3) is 0 Å². The fourth-order valence-electron chi connectivity index (χ4n) is 2.87. The first-order valence-electron chi connectivity index (χ1n) is 8.18. The maximum Gasteiger partial charge on any atom is 0.490 e. The lowest BCUT2D eigenvalue weighted by Gasteiger charge is -2.29. The van der Waals surface area contributed by atoms with E-state index < -0.39 is 48.9 Å². The SMILES string of the molecule is N[C@H](CC1CCCCC1)[C@@H](OC(=O)C(F)(F)F)C(=O)NC(CF)C(=O)O. The summed E-state index contributed by atoms with van der Waals surface area (Å²) in [5.74, 6) is -5.67. The summed E-state index contributed by atoms with van der Waals surface area (Å²) in [5.41, 5.74) is 5.79. The number of hydrogen-bond donors (Lipinski definition) is 3. The molecule has 1 unspecified atom stereocenters. The lowest BCUT2D eigenvalue weighted by atomic mass is 9.84. The molecule has 0 saturated heterocycles. The van der Waals surface area contributed by atoms with Crippen LogP contribution in [0.2, 0.25) is 0 Å². The normalized spacial score (nSPS) is 19.3. The molecular weight excluding hydrogens is 364 g/mol. The number of esters is 1. The summed E-state index contributed by atoms with van der Waals surface area (Å²) < 4.78 is 54.2. The third-order valence-corrected chi connectivity index (χ3v) is 4.21. The number of ether oxygens (including phenoxy) is 1. The first-order chi connectivity index (χ1) is 12.1. The second-order valence-corrected chi connectivity index (χ2v) is 6.28. The Balaban J connectivity index is 2.87. The second kappa shape index (κ2) is 9.70. The van der Waals surface area contributed by atoms with E-state index in [9.17, 15) is 31.9 Å². The quantitative estimate of drug-likeness (QED) is 0.427. The largest absolute Gasteiger partial charge is 0.490 e. The zero-order chi connectivity index (χ0) is 19.9. The van der Waals surface area contributed by atoms with Crippen molar-refractivity contribution < 1.29 is 41.8 Å². The number of carboxylic acid groups (broad SMARTS) is 1. The van der Waals surface area contributed by atoms with Crippen LogP contribution < -0.4 is 11.1 Å². The number of carboxylic acids is 1. The minimum atomic E-state index is -5.35. The van der Waals surface area contributed by atoms with Crippen LogP contribution >= 0.6 is 0 Å². The Kier molecular flexibility index (Phi) is 8.25. The maximum absolute atomic E-state index is 12.6. The highest BCUT2D eigenvalue weighted by Gasteiger charge is 2.45. The summed E-state index contributed by atoms with van der Waals surface area (Å²) in [6.07, 6.45) is -2.89. The van der Waals surface area contributed by atoms with Gasteiger partial charge in [0.2, 0.25) is 0 Å². The minimum Gasteiger partial charge on any atom is -0.480 e. The molecule has 0 heterocycles. The van der Waals surface area contributed by atoms with Crippen LogP contribution in [0, 0.1) is 5.92 Å². The molecule has 4 N–H and O–H groups in total. The Bertz CT molecular complexity index is 509. The van der Waals surface area contributed by atoms with Crippen molar-refractivity contribution in [3.63, 3.8) is 0 Å². The van der Waals surface area contributed by atoms with Gasteiger partial charge in [-0.2, -0.15) is 13.2 Å². The van der Waals surface area contributed by atoms with E-state index in [0.29, 0.717) is 0 Å². The highest BCUT2D eigenvalue weighted by Crippen LogP contribution is 2.28. The number of aliphatic carboxylic acids is 1. The predicted molar refractivity (Wildman–Crippen MR) is 80.6 cm³/mol. The lowest BCUT2D eigenvalue weighted by molar-refractivity contribution is -0.206. The molecule has 1 saturated carbocycles. The molecule has 3 atom stereocenters. The fourth-order valence-corrected chi connectivity index (χ4v) is 2.87. The molecule has 1 fully saturated rings. The van der Waals surface area contributed by atoms with E-state index >= 15 is 0 Å². The number of amides is 1. The first-order valence-corrected chi connectivity index (χ1v) is 8.18. The Labute approximate surface area is 147 Å². The van der Waals surface area contributed by atoms with Gasteiger partial charge < -0.3 is 20.9 Å². The third kappa shape index (κ3) is 6.77. The van der Waals surface area contributed by atoms with Gasteiger partial charge >= 0.3 is 18.1 Å². The number of hydrogen-bond acceptors (Lipinski definition) is 5. The zero-order valence-corrected chi connectivity index (χ0v) is 13.9. The number of carbonyl (C=O) groups is 3. The second-order valence-electron chi connectivity index (χ2n) is 6.28. The molecule has 0 radical (unpaired) electrons. The Morgan fingerprint density at radius 3 is 2.23 bits per heavy atom. The van der Waals surface area contributed by atoms with Gasteiger partial charge in [0.25, 0.3) is 5.91 Å². The Morgan fingerprint density at radius 1 is 1.19 bits per heavy atom. The van der Waals surface area contributed by atoms with E-state index in [1.807, 2.05) is 0 Å². The molecule has 1 aliphatic carbocycles. The summed E-state index contributed by atoms with van der Waals surface area (Å²) in [6, 6.07) is -3.25.